The molecule has 18 heteroatoms. The van der Waals surface area contributed by atoms with E-state index >= 15 is 0 Å². The van der Waals surface area contributed by atoms with Crippen molar-refractivity contribution >= 4 is 44.9 Å². The molecule has 45 heavy (non-hydrogen) atoms. The first kappa shape index (κ1) is 33.5. The number of para-hydroxylation sites is 1. The number of rotatable bonds is 14. The molecule has 0 aliphatic rings. The fraction of sp³-hybridized carbons (Fsp3) is 0.185. The van der Waals surface area contributed by atoms with Gasteiger partial charge in [0, 0.05) is 23.4 Å². The van der Waals surface area contributed by atoms with Gasteiger partial charge in [-0.1, -0.05) is 6.07 Å². The quantitative estimate of drug-likeness (QED) is 0.0641. The van der Waals surface area contributed by atoms with Gasteiger partial charge >= 0.3 is 7.60 Å². The van der Waals surface area contributed by atoms with E-state index in [4.69, 9.17) is 25.0 Å². The highest BCUT2D eigenvalue weighted by atomic mass is 32.2. The molecule has 0 aliphatic carbocycles. The van der Waals surface area contributed by atoms with Gasteiger partial charge in [-0.05, 0) is 41.8 Å². The number of hydrogen-bond acceptors (Lipinski definition) is 12. The van der Waals surface area contributed by atoms with E-state index in [-0.39, 0.29) is 58.9 Å². The molecule has 1 aromatic heterocycles. The van der Waals surface area contributed by atoms with Gasteiger partial charge in [0.1, 0.15) is 41.3 Å². The molecule has 1 atom stereocenters. The Morgan fingerprint density at radius 2 is 1.82 bits per heavy atom. The molecular weight excluding hydrogens is 654 g/mol. The molecule has 3 aromatic carbocycles. The van der Waals surface area contributed by atoms with Crippen LogP contribution in [0.15, 0.2) is 58.8 Å². The molecule has 238 valence electrons. The number of nitrogens with zero attached hydrogens (tertiary/aromatic N) is 1. The predicted molar refractivity (Wildman–Crippen MR) is 161 cm³/mol. The van der Waals surface area contributed by atoms with E-state index in [0.717, 1.165) is 29.5 Å². The summed E-state index contributed by atoms with van der Waals surface area (Å²) in [6, 6.07) is 12.8. The van der Waals surface area contributed by atoms with E-state index in [2.05, 4.69) is 5.32 Å². The number of nitriles is 1. The third-order valence-corrected chi connectivity index (χ3v) is 10.1. The number of carbonyl (C=O) groups excluding carboxylic acids is 1. The van der Waals surface area contributed by atoms with Crippen molar-refractivity contribution in [3.63, 3.8) is 0 Å². The number of nitrogens with one attached hydrogen (secondary N) is 2. The average molecular weight is 681 g/mol. The highest BCUT2D eigenvalue weighted by Crippen LogP contribution is 2.43. The Hall–Kier alpha value is -4.43. The number of hydrogen-bond donors (Lipinski definition) is 6. The Morgan fingerprint density at radius 3 is 2.53 bits per heavy atom. The zero-order chi connectivity index (χ0) is 32.8. The number of amides is 1. The molecule has 4 aromatic rings. The van der Waals surface area contributed by atoms with Crippen molar-refractivity contribution in [1.82, 2.24) is 10.0 Å². The Bertz CT molecular complexity index is 1930. The standard InChI is InChI=1S/C27H26FN4O10PS2/c28-20-12-18(5-4-16(20)14-30)42-43(36,37)15-32-45(38,39)25-11-17-10-22(40-8-6-29)23(13-24(17)44-25)41-9-7-31-27(35)19-2-1-3-21(33)26(19)34/h1-5,10-13,32-34H,6-9,15,29H2,(H,31,35)(H,36,37). The fourth-order valence-electron chi connectivity index (χ4n) is 3.76. The summed E-state index contributed by atoms with van der Waals surface area (Å²) in [5, 5.41) is 31.3. The van der Waals surface area contributed by atoms with Crippen molar-refractivity contribution in [3.8, 4) is 34.8 Å². The van der Waals surface area contributed by atoms with Gasteiger partial charge in [-0.15, -0.1) is 11.3 Å². The molecule has 0 bridgehead atoms. The van der Waals surface area contributed by atoms with Crippen LogP contribution in [0.4, 0.5) is 4.39 Å². The normalized spacial score (nSPS) is 12.7. The lowest BCUT2D eigenvalue weighted by molar-refractivity contribution is 0.0943. The summed E-state index contributed by atoms with van der Waals surface area (Å²) in [6.07, 6.45) is -1.03. The summed E-state index contributed by atoms with van der Waals surface area (Å²) >= 11 is 0.832. The number of halogens is 1. The lowest BCUT2D eigenvalue weighted by Crippen LogP contribution is -2.28. The first-order valence-corrected chi connectivity index (χ1v) is 16.9. The molecule has 0 aliphatic heterocycles. The van der Waals surface area contributed by atoms with Crippen molar-refractivity contribution in [1.29, 1.82) is 5.26 Å². The Morgan fingerprint density at radius 1 is 1.09 bits per heavy atom. The molecule has 0 fully saturated rings. The van der Waals surface area contributed by atoms with E-state index in [1.165, 1.54) is 36.4 Å². The van der Waals surface area contributed by atoms with Crippen molar-refractivity contribution in [2.24, 2.45) is 5.73 Å². The van der Waals surface area contributed by atoms with Crippen LogP contribution in [0.5, 0.6) is 28.7 Å². The predicted octanol–water partition coefficient (Wildman–Crippen LogP) is 2.97. The molecular formula is C27H26FN4O10PS2. The number of thiophene rings is 1. The molecule has 7 N–H and O–H groups in total. The van der Waals surface area contributed by atoms with Crippen LogP contribution in [0, 0.1) is 17.1 Å². The number of phenolic OH excluding ortho intramolecular Hbond substituents is 2. The first-order valence-electron chi connectivity index (χ1n) is 12.9. The number of benzene rings is 3. The molecule has 0 saturated carbocycles. The fourth-order valence-corrected chi connectivity index (χ4v) is 7.72. The second-order valence-electron chi connectivity index (χ2n) is 9.11. The number of phenols is 2. The van der Waals surface area contributed by atoms with Gasteiger partial charge in [-0.25, -0.2) is 17.4 Å². The van der Waals surface area contributed by atoms with Crippen LogP contribution in [-0.4, -0.2) is 62.0 Å². The molecule has 1 amide bonds. The number of fused-ring (bicyclic) bond motifs is 1. The van der Waals surface area contributed by atoms with Crippen LogP contribution in [0.25, 0.3) is 10.1 Å². The highest BCUT2D eigenvalue weighted by Gasteiger charge is 2.27. The zero-order valence-corrected chi connectivity index (χ0v) is 25.6. The SMILES string of the molecule is N#Cc1ccc(OP(=O)(O)CNS(=O)(=O)c2cc3cc(OCCN)c(OCCNC(=O)c4cccc(O)c4O)cc3s2)cc1F. The maximum atomic E-state index is 13.8. The Kier molecular flexibility index (Phi) is 10.5. The molecule has 1 heterocycles. The van der Waals surface area contributed by atoms with E-state index in [0.29, 0.717) is 10.1 Å². The maximum Gasteiger partial charge on any atom is 0.391 e. The van der Waals surface area contributed by atoms with E-state index in [9.17, 15) is 37.3 Å². The van der Waals surface area contributed by atoms with Crippen molar-refractivity contribution in [2.75, 3.05) is 32.6 Å². The minimum atomic E-state index is -4.63. The smallest absolute Gasteiger partial charge is 0.391 e. The molecule has 0 saturated heterocycles. The van der Waals surface area contributed by atoms with Crippen molar-refractivity contribution in [3.05, 3.63) is 71.5 Å². The van der Waals surface area contributed by atoms with E-state index in [1.54, 1.807) is 6.07 Å². The molecule has 0 spiro atoms. The summed E-state index contributed by atoms with van der Waals surface area (Å²) < 4.78 is 70.8. The topological polar surface area (TPSA) is 231 Å². The monoisotopic (exact) mass is 680 g/mol. The largest absolute Gasteiger partial charge is 0.504 e. The Balaban J connectivity index is 1.44. The molecule has 1 unspecified atom stereocenters. The van der Waals surface area contributed by atoms with Gasteiger partial charge < -0.3 is 40.2 Å². The number of nitrogens with two attached hydrogens (primary N) is 1. The highest BCUT2D eigenvalue weighted by molar-refractivity contribution is 7.92. The summed E-state index contributed by atoms with van der Waals surface area (Å²) in [5.41, 5.74) is 5.12. The number of ether oxygens (including phenoxy) is 2. The van der Waals surface area contributed by atoms with Crippen LogP contribution in [0.3, 0.4) is 0 Å². The summed E-state index contributed by atoms with van der Waals surface area (Å²) in [6.45, 7) is 0.227. The van der Waals surface area contributed by atoms with Gasteiger partial charge in [0.05, 0.1) is 17.7 Å². The lowest BCUT2D eigenvalue weighted by Gasteiger charge is -2.14. The minimum Gasteiger partial charge on any atom is -0.504 e. The third kappa shape index (κ3) is 8.39. The first-order chi connectivity index (χ1) is 21.3. The number of sulfonamides is 1. The van der Waals surface area contributed by atoms with Crippen LogP contribution in [0.1, 0.15) is 15.9 Å². The summed E-state index contributed by atoms with van der Waals surface area (Å²) in [7, 11) is -8.95. The van der Waals surface area contributed by atoms with Gasteiger partial charge in [0.2, 0.25) is 0 Å². The van der Waals surface area contributed by atoms with Crippen LogP contribution in [-0.2, 0) is 14.6 Å². The van der Waals surface area contributed by atoms with Gasteiger partial charge in [-0.3, -0.25) is 4.79 Å². The number of carbonyl (C=O) groups is 1. The number of aromatic hydroxyl groups is 2. The van der Waals surface area contributed by atoms with Crippen molar-refractivity contribution in [2.45, 2.75) is 4.21 Å². The second-order valence-corrected chi connectivity index (χ2v) is 14.0. The van der Waals surface area contributed by atoms with Crippen LogP contribution in [0.2, 0.25) is 0 Å². The van der Waals surface area contributed by atoms with Gasteiger partial charge in [0.25, 0.3) is 15.9 Å². The van der Waals surface area contributed by atoms with Crippen LogP contribution >= 0.6 is 18.9 Å². The molecule has 14 nitrogen and oxygen atoms in total. The summed E-state index contributed by atoms with van der Waals surface area (Å²) in [5.74, 6) is -2.54. The maximum absolute atomic E-state index is 13.8. The van der Waals surface area contributed by atoms with Gasteiger partial charge in [0.15, 0.2) is 23.0 Å². The molecule has 0 radical (unpaired) electrons. The van der Waals surface area contributed by atoms with Gasteiger partial charge in [-0.2, -0.15) is 9.98 Å². The second kappa shape index (κ2) is 14.1. The Labute approximate surface area is 260 Å². The minimum absolute atomic E-state index is 0.00528. The third-order valence-electron chi connectivity index (χ3n) is 5.87. The summed E-state index contributed by atoms with van der Waals surface area (Å²) in [4.78, 5) is 22.5. The average Bonchev–Trinajstić information content (AvgIpc) is 3.42. The molecule has 4 rings (SSSR count). The zero-order valence-electron chi connectivity index (χ0n) is 23.1. The lowest BCUT2D eigenvalue weighted by atomic mass is 10.1. The van der Waals surface area contributed by atoms with E-state index < -0.39 is 47.1 Å². The van der Waals surface area contributed by atoms with Crippen LogP contribution < -0.4 is 29.8 Å². The van der Waals surface area contributed by atoms with Crippen molar-refractivity contribution < 1.29 is 51.3 Å². The van der Waals surface area contributed by atoms with E-state index in [1.807, 2.05) is 4.72 Å².